The van der Waals surface area contributed by atoms with Crippen molar-refractivity contribution in [1.29, 1.82) is 0 Å². The van der Waals surface area contributed by atoms with Gasteiger partial charge in [0.25, 0.3) is 0 Å². The fourth-order valence-corrected chi connectivity index (χ4v) is 0.697. The minimum Gasteiger partial charge on any atom is -0.0654 e. The van der Waals surface area contributed by atoms with Crippen LogP contribution in [0.4, 0.5) is 0 Å². The van der Waals surface area contributed by atoms with Gasteiger partial charge in [0.2, 0.25) is 0 Å². The molecule has 0 N–H and O–H groups in total. The molecule has 0 nitrogen and oxygen atoms in total. The Morgan fingerprint density at radius 1 is 1.25 bits per heavy atom. The fourth-order valence-electron chi connectivity index (χ4n) is 0.697. The Labute approximate surface area is 65.8 Å². The van der Waals surface area contributed by atoms with E-state index in [1.165, 1.54) is 19.3 Å². The van der Waals surface area contributed by atoms with Crippen molar-refractivity contribution < 1.29 is 19.5 Å². The predicted octanol–water partition coefficient (Wildman–Crippen LogP) is 2.83. The maximum Gasteiger partial charge on any atom is 0 e. The maximum atomic E-state index is 2.31. The van der Waals surface area contributed by atoms with Gasteiger partial charge in [-0.25, -0.2) is 0 Å². The molecule has 0 rings (SSSR count). The summed E-state index contributed by atoms with van der Waals surface area (Å²) in [5.74, 6) is 0.949. The molecule has 0 bridgehead atoms. The zero-order chi connectivity index (χ0) is 5.70. The molecule has 0 radical (unpaired) electrons. The van der Waals surface area contributed by atoms with Crippen molar-refractivity contribution in [3.05, 3.63) is 0 Å². The quantitative estimate of drug-likeness (QED) is 0.565. The Kier molecular flexibility index (Phi) is 10.9. The van der Waals surface area contributed by atoms with E-state index in [0.29, 0.717) is 0 Å². The van der Waals surface area contributed by atoms with E-state index in [4.69, 9.17) is 0 Å². The van der Waals surface area contributed by atoms with Crippen LogP contribution >= 0.6 is 0 Å². The monoisotopic (exact) mass is 164 g/mol. The molecule has 8 heavy (non-hydrogen) atoms. The second-order valence-electron chi connectivity index (χ2n) is 2.30. The van der Waals surface area contributed by atoms with Gasteiger partial charge >= 0.3 is 0 Å². The zero-order valence-corrected chi connectivity index (χ0v) is 9.37. The Hall–Kier alpha value is 0.623. The van der Waals surface area contributed by atoms with Crippen molar-refractivity contribution in [2.45, 2.75) is 40.0 Å². The van der Waals surface area contributed by atoms with E-state index in [9.17, 15) is 0 Å². The van der Waals surface area contributed by atoms with Crippen molar-refractivity contribution in [2.75, 3.05) is 0 Å². The molecule has 1 unspecified atom stereocenters. The molecule has 0 saturated carbocycles. The molecular formula is C7H16Zn. The second kappa shape index (κ2) is 7.62. The average Bonchev–Trinajstić information content (AvgIpc) is 1.68. The van der Waals surface area contributed by atoms with E-state index in [1.54, 1.807) is 0 Å². The molecule has 0 aromatic heterocycles. The molecule has 0 heterocycles. The number of rotatable bonds is 3. The van der Waals surface area contributed by atoms with Gasteiger partial charge < -0.3 is 0 Å². The first-order valence-corrected chi connectivity index (χ1v) is 3.31. The Morgan fingerprint density at radius 3 is 1.88 bits per heavy atom. The third-order valence-electron chi connectivity index (χ3n) is 1.48. The van der Waals surface area contributed by atoms with Gasteiger partial charge in [0, 0.05) is 19.5 Å². The van der Waals surface area contributed by atoms with Crippen molar-refractivity contribution in [3.63, 3.8) is 0 Å². The second-order valence-corrected chi connectivity index (χ2v) is 2.30. The maximum absolute atomic E-state index is 2.31. The molecule has 0 aliphatic rings. The zero-order valence-electron chi connectivity index (χ0n) is 6.41. The first-order valence-electron chi connectivity index (χ1n) is 3.31. The number of hydrogen-bond donors (Lipinski definition) is 0. The summed E-state index contributed by atoms with van der Waals surface area (Å²) < 4.78 is 0. The summed E-state index contributed by atoms with van der Waals surface area (Å²) in [5.41, 5.74) is 0. The van der Waals surface area contributed by atoms with Gasteiger partial charge in [0.15, 0.2) is 0 Å². The average molecular weight is 166 g/mol. The normalized spacial score (nSPS) is 12.4. The molecule has 0 saturated heterocycles. The van der Waals surface area contributed by atoms with Crippen LogP contribution in [0, 0.1) is 5.92 Å². The van der Waals surface area contributed by atoms with E-state index in [2.05, 4.69) is 20.8 Å². The molecule has 46 valence electrons. The first kappa shape index (κ1) is 11.4. The van der Waals surface area contributed by atoms with Crippen LogP contribution in [0.15, 0.2) is 0 Å². The van der Waals surface area contributed by atoms with Crippen molar-refractivity contribution in [1.82, 2.24) is 0 Å². The van der Waals surface area contributed by atoms with Crippen molar-refractivity contribution in [2.24, 2.45) is 5.92 Å². The fraction of sp³-hybridized carbons (Fsp3) is 1.00. The third-order valence-corrected chi connectivity index (χ3v) is 1.48. The third kappa shape index (κ3) is 6.62. The largest absolute Gasteiger partial charge is 0.0654 e. The summed E-state index contributed by atoms with van der Waals surface area (Å²) in [6, 6.07) is 0. The molecule has 0 amide bonds. The van der Waals surface area contributed by atoms with Gasteiger partial charge in [-0.15, -0.1) is 0 Å². The van der Waals surface area contributed by atoms with Crippen LogP contribution in [0.1, 0.15) is 40.0 Å². The number of hydrogen-bond acceptors (Lipinski definition) is 0. The van der Waals surface area contributed by atoms with Crippen LogP contribution < -0.4 is 0 Å². The van der Waals surface area contributed by atoms with Gasteiger partial charge in [-0.2, -0.15) is 0 Å². The summed E-state index contributed by atoms with van der Waals surface area (Å²) in [6.07, 6.45) is 4.08. The van der Waals surface area contributed by atoms with Crippen LogP contribution in [-0.4, -0.2) is 0 Å². The molecule has 0 aromatic carbocycles. The summed E-state index contributed by atoms with van der Waals surface area (Å²) in [5, 5.41) is 0. The summed E-state index contributed by atoms with van der Waals surface area (Å²) in [4.78, 5) is 0. The van der Waals surface area contributed by atoms with Gasteiger partial charge in [-0.3, -0.25) is 0 Å². The van der Waals surface area contributed by atoms with Crippen LogP contribution in [0.2, 0.25) is 0 Å². The standard InChI is InChI=1S/C7H16.Zn/c1-4-6-7(3)5-2;/h7H,4-6H2,1-3H3;. The SMILES string of the molecule is CCCC(C)CC.[Zn]. The van der Waals surface area contributed by atoms with Gasteiger partial charge in [0.1, 0.15) is 0 Å². The molecule has 1 heteroatoms. The molecule has 0 aromatic rings. The van der Waals surface area contributed by atoms with E-state index in [-0.39, 0.29) is 19.5 Å². The molecule has 0 fully saturated rings. The van der Waals surface area contributed by atoms with E-state index >= 15 is 0 Å². The molecular weight excluding hydrogens is 149 g/mol. The van der Waals surface area contributed by atoms with Crippen molar-refractivity contribution in [3.8, 4) is 0 Å². The van der Waals surface area contributed by atoms with Gasteiger partial charge in [-0.1, -0.05) is 40.0 Å². The molecule has 0 spiro atoms. The van der Waals surface area contributed by atoms with Crippen LogP contribution in [-0.2, 0) is 19.5 Å². The van der Waals surface area contributed by atoms with Crippen LogP contribution in [0.5, 0.6) is 0 Å². The summed E-state index contributed by atoms with van der Waals surface area (Å²) in [6.45, 7) is 6.80. The summed E-state index contributed by atoms with van der Waals surface area (Å²) in [7, 11) is 0. The minimum absolute atomic E-state index is 0. The van der Waals surface area contributed by atoms with E-state index in [0.717, 1.165) is 5.92 Å². The molecule has 0 aliphatic carbocycles. The van der Waals surface area contributed by atoms with Gasteiger partial charge in [0.05, 0.1) is 0 Å². The van der Waals surface area contributed by atoms with E-state index in [1.807, 2.05) is 0 Å². The predicted molar refractivity (Wildman–Crippen MR) is 34.4 cm³/mol. The molecule has 1 atom stereocenters. The Morgan fingerprint density at radius 2 is 1.75 bits per heavy atom. The minimum atomic E-state index is 0. The molecule has 0 aliphatic heterocycles. The van der Waals surface area contributed by atoms with Crippen LogP contribution in [0.25, 0.3) is 0 Å². The summed E-state index contributed by atoms with van der Waals surface area (Å²) >= 11 is 0. The Bertz CT molecular complexity index is 35.4. The first-order chi connectivity index (χ1) is 3.31. The van der Waals surface area contributed by atoms with Crippen molar-refractivity contribution >= 4 is 0 Å². The van der Waals surface area contributed by atoms with E-state index < -0.39 is 0 Å². The topological polar surface area (TPSA) is 0 Å². The Balaban J connectivity index is 0. The smallest absolute Gasteiger partial charge is 0 e. The van der Waals surface area contributed by atoms with Crippen LogP contribution in [0.3, 0.4) is 0 Å². The van der Waals surface area contributed by atoms with Gasteiger partial charge in [-0.05, 0) is 5.92 Å².